The molecule has 0 spiro atoms. The number of rotatable bonds is 5. The third kappa shape index (κ3) is 3.50. The van der Waals surface area contributed by atoms with Gasteiger partial charge in [0.2, 0.25) is 11.7 Å². The van der Waals surface area contributed by atoms with Crippen LogP contribution >= 0.6 is 11.3 Å². The van der Waals surface area contributed by atoms with Crippen LogP contribution in [-0.4, -0.2) is 43.1 Å². The number of hydrogen-bond acceptors (Lipinski definition) is 7. The molecule has 4 rings (SSSR count). The van der Waals surface area contributed by atoms with Gasteiger partial charge in [0.25, 0.3) is 10.0 Å². The van der Waals surface area contributed by atoms with Crippen LogP contribution in [-0.2, 0) is 10.0 Å². The molecule has 2 aromatic heterocycles. The molecular weight excluding hydrogens is 386 g/mol. The molecule has 0 saturated carbocycles. The lowest BCUT2D eigenvalue weighted by molar-refractivity contribution is 0.266. The lowest BCUT2D eigenvalue weighted by Crippen LogP contribution is -2.38. The molecule has 0 amide bonds. The lowest BCUT2D eigenvalue weighted by atomic mass is 10.00. The number of hydrogen-bond donors (Lipinski definition) is 0. The van der Waals surface area contributed by atoms with E-state index in [9.17, 15) is 8.42 Å². The van der Waals surface area contributed by atoms with Crippen molar-refractivity contribution >= 4 is 21.4 Å². The fraction of sp³-hybridized carbons (Fsp3) is 0.333. The summed E-state index contributed by atoms with van der Waals surface area (Å²) in [5.74, 6) is 1.45. The van der Waals surface area contributed by atoms with Crippen molar-refractivity contribution in [3.8, 4) is 17.1 Å². The Morgan fingerprint density at radius 3 is 2.89 bits per heavy atom. The first-order valence-electron chi connectivity index (χ1n) is 8.60. The minimum atomic E-state index is -3.47. The second kappa shape index (κ2) is 7.41. The number of piperidine rings is 1. The monoisotopic (exact) mass is 405 g/mol. The van der Waals surface area contributed by atoms with Crippen molar-refractivity contribution < 1.29 is 17.7 Å². The lowest BCUT2D eigenvalue weighted by Gasteiger charge is -2.29. The van der Waals surface area contributed by atoms with Gasteiger partial charge in [0.05, 0.1) is 18.6 Å². The summed E-state index contributed by atoms with van der Waals surface area (Å²) < 4.78 is 38.3. The number of aromatic nitrogens is 2. The van der Waals surface area contributed by atoms with Gasteiger partial charge in [-0.15, -0.1) is 11.3 Å². The van der Waals surface area contributed by atoms with Gasteiger partial charge in [-0.3, -0.25) is 0 Å². The minimum Gasteiger partial charge on any atom is -0.496 e. The Balaban J connectivity index is 1.57. The number of ether oxygens (including phenoxy) is 1. The summed E-state index contributed by atoms with van der Waals surface area (Å²) in [6.07, 6.45) is 1.56. The summed E-state index contributed by atoms with van der Waals surface area (Å²) in [5, 5.41) is 5.85. The Morgan fingerprint density at radius 2 is 2.11 bits per heavy atom. The normalized spacial score (nSPS) is 18.5. The van der Waals surface area contributed by atoms with Crippen LogP contribution in [0.25, 0.3) is 11.4 Å². The highest BCUT2D eigenvalue weighted by atomic mass is 32.2. The third-order valence-corrected chi connectivity index (χ3v) is 7.85. The Kier molecular flexibility index (Phi) is 4.98. The second-order valence-electron chi connectivity index (χ2n) is 6.29. The molecule has 0 unspecified atom stereocenters. The van der Waals surface area contributed by atoms with Gasteiger partial charge in [-0.25, -0.2) is 8.42 Å². The number of methoxy groups -OCH3 is 1. The molecule has 27 heavy (non-hydrogen) atoms. The maximum absolute atomic E-state index is 12.8. The molecule has 1 atom stereocenters. The predicted octanol–water partition coefficient (Wildman–Crippen LogP) is 3.38. The van der Waals surface area contributed by atoms with E-state index >= 15 is 0 Å². The minimum absolute atomic E-state index is 0.121. The zero-order chi connectivity index (χ0) is 18.9. The van der Waals surface area contributed by atoms with Crippen molar-refractivity contribution in [2.75, 3.05) is 20.2 Å². The molecule has 0 aliphatic carbocycles. The van der Waals surface area contributed by atoms with E-state index in [0.717, 1.165) is 18.4 Å². The molecule has 1 fully saturated rings. The molecular formula is C18H19N3O4S2. The molecule has 3 heterocycles. The molecule has 9 heteroatoms. The smallest absolute Gasteiger partial charge is 0.252 e. The van der Waals surface area contributed by atoms with E-state index < -0.39 is 10.0 Å². The van der Waals surface area contributed by atoms with E-state index in [4.69, 9.17) is 9.26 Å². The van der Waals surface area contributed by atoms with Crippen molar-refractivity contribution in [2.24, 2.45) is 0 Å². The molecule has 0 bridgehead atoms. The first kappa shape index (κ1) is 18.1. The van der Waals surface area contributed by atoms with Crippen LogP contribution in [0.2, 0.25) is 0 Å². The van der Waals surface area contributed by atoms with E-state index in [1.165, 1.54) is 15.6 Å². The summed E-state index contributed by atoms with van der Waals surface area (Å²) in [6.45, 7) is 0.845. The maximum atomic E-state index is 12.8. The van der Waals surface area contributed by atoms with Gasteiger partial charge in [-0.05, 0) is 36.4 Å². The van der Waals surface area contributed by atoms with Crippen LogP contribution < -0.4 is 4.74 Å². The molecule has 1 aromatic carbocycles. The zero-order valence-electron chi connectivity index (χ0n) is 14.7. The van der Waals surface area contributed by atoms with E-state index in [1.807, 2.05) is 24.3 Å². The second-order valence-corrected chi connectivity index (χ2v) is 9.40. The van der Waals surface area contributed by atoms with E-state index in [2.05, 4.69) is 10.1 Å². The van der Waals surface area contributed by atoms with E-state index in [-0.39, 0.29) is 5.92 Å². The zero-order valence-corrected chi connectivity index (χ0v) is 16.4. The molecule has 1 saturated heterocycles. The quantitative estimate of drug-likeness (QED) is 0.647. The molecule has 1 aliphatic heterocycles. The van der Waals surface area contributed by atoms with Gasteiger partial charge < -0.3 is 9.26 Å². The summed E-state index contributed by atoms with van der Waals surface area (Å²) in [5.41, 5.74) is 0.744. The first-order valence-corrected chi connectivity index (χ1v) is 10.9. The van der Waals surface area contributed by atoms with Crippen LogP contribution in [0.4, 0.5) is 0 Å². The summed E-state index contributed by atoms with van der Waals surface area (Å²) in [4.78, 5) is 4.52. The van der Waals surface area contributed by atoms with Crippen molar-refractivity contribution in [3.63, 3.8) is 0 Å². The highest BCUT2D eigenvalue weighted by molar-refractivity contribution is 7.91. The van der Waals surface area contributed by atoms with Crippen LogP contribution in [0, 0.1) is 0 Å². The van der Waals surface area contributed by atoms with Gasteiger partial charge in [0, 0.05) is 13.1 Å². The molecule has 0 radical (unpaired) electrons. The maximum Gasteiger partial charge on any atom is 0.252 e. The van der Waals surface area contributed by atoms with Crippen LogP contribution in [0.5, 0.6) is 5.75 Å². The fourth-order valence-electron chi connectivity index (χ4n) is 3.24. The Bertz CT molecular complexity index is 1010. The number of thiophene rings is 1. The number of benzene rings is 1. The predicted molar refractivity (Wildman–Crippen MR) is 101 cm³/mol. The van der Waals surface area contributed by atoms with E-state index in [1.54, 1.807) is 24.6 Å². The summed E-state index contributed by atoms with van der Waals surface area (Å²) >= 11 is 1.23. The number of sulfonamides is 1. The summed E-state index contributed by atoms with van der Waals surface area (Å²) in [6, 6.07) is 10.8. The van der Waals surface area contributed by atoms with Crippen LogP contribution in [0.15, 0.2) is 50.5 Å². The molecule has 1 aliphatic rings. The van der Waals surface area contributed by atoms with Gasteiger partial charge >= 0.3 is 0 Å². The number of para-hydroxylation sites is 1. The average Bonchev–Trinajstić information content (AvgIpc) is 3.40. The highest BCUT2D eigenvalue weighted by Crippen LogP contribution is 2.33. The first-order chi connectivity index (χ1) is 13.1. The van der Waals surface area contributed by atoms with E-state index in [0.29, 0.717) is 34.8 Å². The largest absolute Gasteiger partial charge is 0.496 e. The van der Waals surface area contributed by atoms with Gasteiger partial charge in [-0.1, -0.05) is 23.4 Å². The highest BCUT2D eigenvalue weighted by Gasteiger charge is 2.34. The SMILES string of the molecule is COc1ccccc1-c1noc([C@H]2CCCN(S(=O)(=O)c3cccs3)C2)n1. The van der Waals surface area contributed by atoms with Crippen molar-refractivity contribution in [1.29, 1.82) is 0 Å². The fourth-order valence-corrected chi connectivity index (χ4v) is 5.91. The van der Waals surface area contributed by atoms with Crippen molar-refractivity contribution in [1.82, 2.24) is 14.4 Å². The number of nitrogens with zero attached hydrogens (tertiary/aromatic N) is 3. The summed E-state index contributed by atoms with van der Waals surface area (Å²) in [7, 11) is -1.88. The third-order valence-electron chi connectivity index (χ3n) is 4.61. The molecule has 3 aromatic rings. The van der Waals surface area contributed by atoms with Gasteiger partial charge in [0.1, 0.15) is 9.96 Å². The average molecular weight is 406 g/mol. The molecule has 7 nitrogen and oxygen atoms in total. The van der Waals surface area contributed by atoms with Crippen molar-refractivity contribution in [3.05, 3.63) is 47.7 Å². The van der Waals surface area contributed by atoms with Crippen LogP contribution in [0.1, 0.15) is 24.7 Å². The Morgan fingerprint density at radius 1 is 1.26 bits per heavy atom. The Labute approximate surface area is 161 Å². The van der Waals surface area contributed by atoms with Crippen LogP contribution in [0.3, 0.4) is 0 Å². The Hall–Kier alpha value is -2.23. The molecule has 142 valence electrons. The van der Waals surface area contributed by atoms with Crippen molar-refractivity contribution in [2.45, 2.75) is 23.0 Å². The molecule has 0 N–H and O–H groups in total. The van der Waals surface area contributed by atoms with Gasteiger partial charge in [0.15, 0.2) is 0 Å². The van der Waals surface area contributed by atoms with Gasteiger partial charge in [-0.2, -0.15) is 9.29 Å². The topological polar surface area (TPSA) is 85.5 Å². The standard InChI is InChI=1S/C18H19N3O4S2/c1-24-15-8-3-2-7-14(15)17-19-18(25-20-17)13-6-4-10-21(12-13)27(22,23)16-9-5-11-26-16/h2-3,5,7-9,11,13H,4,6,10,12H2,1H3/t13-/m0/s1.